The summed E-state index contributed by atoms with van der Waals surface area (Å²) in [7, 11) is 0. The molecule has 2 aliphatic rings. The molecule has 0 spiro atoms. The highest BCUT2D eigenvalue weighted by Gasteiger charge is 2.35. The number of hydrogen-bond acceptors (Lipinski definition) is 4. The van der Waals surface area contributed by atoms with E-state index in [0.29, 0.717) is 34.0 Å². The van der Waals surface area contributed by atoms with Gasteiger partial charge >= 0.3 is 0 Å². The third-order valence-corrected chi connectivity index (χ3v) is 5.87. The molecule has 0 atom stereocenters. The molecule has 0 unspecified atom stereocenters. The average molecular weight is 360 g/mol. The maximum atomic E-state index is 10.4. The zero-order chi connectivity index (χ0) is 16.7. The molecule has 1 aromatic carbocycles. The van der Waals surface area contributed by atoms with E-state index in [4.69, 9.17) is 17.0 Å². The van der Waals surface area contributed by atoms with Crippen LogP contribution < -0.4 is 0 Å². The van der Waals surface area contributed by atoms with Gasteiger partial charge in [0.25, 0.3) is 0 Å². The number of nitrogens with one attached hydrogen (secondary N) is 1. The Morgan fingerprint density at radius 3 is 2.62 bits per heavy atom. The van der Waals surface area contributed by atoms with Crippen LogP contribution in [-0.4, -0.2) is 33.4 Å². The molecule has 4 rings (SSSR count). The molecular weight excluding hydrogens is 342 g/mol. The predicted octanol–water partition coefficient (Wildman–Crippen LogP) is 4.97. The summed E-state index contributed by atoms with van der Waals surface area (Å²) in [4.78, 5) is 6.67. The molecule has 1 aromatic heterocycles. The molecule has 0 saturated heterocycles. The van der Waals surface area contributed by atoms with E-state index in [1.54, 1.807) is 0 Å². The molecule has 0 radical (unpaired) electrons. The minimum atomic E-state index is 0.268. The number of aromatic nitrogens is 1. The molecule has 2 aromatic rings. The largest absolute Gasteiger partial charge is 0.510 e. The quantitative estimate of drug-likeness (QED) is 0.813. The molecule has 0 bridgehead atoms. The predicted molar refractivity (Wildman–Crippen MR) is 98.8 cm³/mol. The van der Waals surface area contributed by atoms with Gasteiger partial charge in [-0.25, -0.2) is 4.98 Å². The first kappa shape index (κ1) is 15.7. The molecule has 124 valence electrons. The van der Waals surface area contributed by atoms with Crippen molar-refractivity contribution in [2.75, 3.05) is 6.54 Å². The van der Waals surface area contributed by atoms with Crippen molar-refractivity contribution in [3.63, 3.8) is 0 Å². The summed E-state index contributed by atoms with van der Waals surface area (Å²) < 4.78 is 0. The second kappa shape index (κ2) is 6.22. The number of benzene rings is 1. The monoisotopic (exact) mass is 359 g/mol. The smallest absolute Gasteiger partial charge is 0.135 e. The molecule has 2 heterocycles. The van der Waals surface area contributed by atoms with E-state index >= 15 is 0 Å². The molecule has 1 aliphatic heterocycles. The van der Waals surface area contributed by atoms with Gasteiger partial charge in [-0.15, -0.1) is 11.3 Å². The van der Waals surface area contributed by atoms with Crippen molar-refractivity contribution in [1.29, 1.82) is 5.41 Å². The van der Waals surface area contributed by atoms with Crippen LogP contribution in [-0.2, 0) is 0 Å². The summed E-state index contributed by atoms with van der Waals surface area (Å²) in [6.45, 7) is 0.439. The van der Waals surface area contributed by atoms with Crippen molar-refractivity contribution in [3.8, 4) is 11.3 Å². The van der Waals surface area contributed by atoms with Crippen molar-refractivity contribution in [2.24, 2.45) is 0 Å². The van der Waals surface area contributed by atoms with Gasteiger partial charge in [0.2, 0.25) is 0 Å². The van der Waals surface area contributed by atoms with Crippen molar-refractivity contribution < 1.29 is 5.11 Å². The number of nitrogens with zero attached hydrogens (tertiary/aromatic N) is 2. The number of hydrogen-bond donors (Lipinski definition) is 2. The van der Waals surface area contributed by atoms with Crippen LogP contribution in [0.4, 0.5) is 0 Å². The Labute approximate surface area is 149 Å². The maximum Gasteiger partial charge on any atom is 0.135 e. The number of thiazole rings is 1. The Hall–Kier alpha value is -1.85. The van der Waals surface area contributed by atoms with E-state index in [2.05, 4.69) is 4.98 Å². The zero-order valence-corrected chi connectivity index (χ0v) is 14.7. The Bertz CT molecular complexity index is 806. The molecule has 24 heavy (non-hydrogen) atoms. The van der Waals surface area contributed by atoms with E-state index in [1.807, 2.05) is 34.5 Å². The molecule has 0 amide bonds. The van der Waals surface area contributed by atoms with Gasteiger partial charge < -0.3 is 10.0 Å². The standard InChI is InChI=1S/C18H18ClN3OS/c19-12-7-5-11(6-8-12)14-10-24-18(21-14)16-15(23)9-22(17(16)20)13-3-1-2-4-13/h5-8,10,13,20,23H,1-4,9H2. The summed E-state index contributed by atoms with van der Waals surface area (Å²) in [5.41, 5.74) is 2.42. The van der Waals surface area contributed by atoms with Crippen molar-refractivity contribution >= 4 is 34.3 Å². The highest BCUT2D eigenvalue weighted by molar-refractivity contribution is 7.11. The number of rotatable bonds is 3. The van der Waals surface area contributed by atoms with E-state index in [1.165, 1.54) is 24.2 Å². The van der Waals surface area contributed by atoms with E-state index in [-0.39, 0.29) is 5.76 Å². The Morgan fingerprint density at radius 1 is 1.21 bits per heavy atom. The average Bonchev–Trinajstić information content (AvgIpc) is 3.29. The number of aliphatic hydroxyl groups is 1. The van der Waals surface area contributed by atoms with Crippen LogP contribution in [0.3, 0.4) is 0 Å². The SMILES string of the molecule is N=C1C(c2nc(-c3ccc(Cl)cc3)cs2)=C(O)CN1C1CCCC1. The lowest BCUT2D eigenvalue weighted by Crippen LogP contribution is -2.35. The molecule has 2 N–H and O–H groups in total. The molecule has 4 nitrogen and oxygen atoms in total. The first-order chi connectivity index (χ1) is 11.6. The Kier molecular flexibility index (Phi) is 4.06. The highest BCUT2D eigenvalue weighted by Crippen LogP contribution is 2.35. The Balaban J connectivity index is 1.60. The fraction of sp³-hybridized carbons (Fsp3) is 0.333. The first-order valence-corrected chi connectivity index (χ1v) is 9.39. The van der Waals surface area contributed by atoms with Crippen LogP contribution in [0, 0.1) is 5.41 Å². The third kappa shape index (κ3) is 2.72. The maximum absolute atomic E-state index is 10.4. The van der Waals surface area contributed by atoms with Crippen LogP contribution >= 0.6 is 22.9 Å². The molecule has 1 saturated carbocycles. The molecular formula is C18H18ClN3OS. The van der Waals surface area contributed by atoms with E-state index < -0.39 is 0 Å². The number of amidine groups is 1. The van der Waals surface area contributed by atoms with Gasteiger partial charge in [0.15, 0.2) is 0 Å². The summed E-state index contributed by atoms with van der Waals surface area (Å²) in [5, 5.41) is 22.3. The lowest BCUT2D eigenvalue weighted by molar-refractivity contribution is 0.296. The highest BCUT2D eigenvalue weighted by atomic mass is 35.5. The third-order valence-electron chi connectivity index (χ3n) is 4.76. The van der Waals surface area contributed by atoms with Crippen molar-refractivity contribution in [3.05, 3.63) is 45.4 Å². The fourth-order valence-corrected chi connectivity index (χ4v) is 4.52. The second-order valence-electron chi connectivity index (χ2n) is 6.28. The zero-order valence-electron chi connectivity index (χ0n) is 13.1. The van der Waals surface area contributed by atoms with Gasteiger partial charge in [-0.2, -0.15) is 0 Å². The lowest BCUT2D eigenvalue weighted by atomic mass is 10.2. The van der Waals surface area contributed by atoms with Crippen LogP contribution in [0.5, 0.6) is 0 Å². The van der Waals surface area contributed by atoms with Gasteiger partial charge in [-0.05, 0) is 25.0 Å². The summed E-state index contributed by atoms with van der Waals surface area (Å²) in [6.07, 6.45) is 4.64. The Morgan fingerprint density at radius 2 is 1.92 bits per heavy atom. The second-order valence-corrected chi connectivity index (χ2v) is 7.58. The normalized spacial score (nSPS) is 18.9. The lowest BCUT2D eigenvalue weighted by Gasteiger charge is -2.25. The van der Waals surface area contributed by atoms with Gasteiger partial charge in [-0.1, -0.05) is 36.6 Å². The van der Waals surface area contributed by atoms with Crippen molar-refractivity contribution in [1.82, 2.24) is 9.88 Å². The molecule has 1 aliphatic carbocycles. The van der Waals surface area contributed by atoms with Crippen LogP contribution in [0.15, 0.2) is 35.4 Å². The van der Waals surface area contributed by atoms with E-state index in [0.717, 1.165) is 24.1 Å². The summed E-state index contributed by atoms with van der Waals surface area (Å²) >= 11 is 7.40. The van der Waals surface area contributed by atoms with Gasteiger partial charge in [0.05, 0.1) is 17.8 Å². The van der Waals surface area contributed by atoms with Gasteiger partial charge in [0.1, 0.15) is 16.6 Å². The van der Waals surface area contributed by atoms with Gasteiger partial charge in [0, 0.05) is 22.0 Å². The van der Waals surface area contributed by atoms with E-state index in [9.17, 15) is 5.11 Å². The minimum Gasteiger partial charge on any atom is -0.510 e. The molecule has 6 heteroatoms. The number of aliphatic hydroxyl groups excluding tert-OH is 1. The van der Waals surface area contributed by atoms with Gasteiger partial charge in [-0.3, -0.25) is 5.41 Å². The van der Waals surface area contributed by atoms with Crippen LogP contribution in [0.25, 0.3) is 16.8 Å². The topological polar surface area (TPSA) is 60.2 Å². The first-order valence-electron chi connectivity index (χ1n) is 8.13. The number of halogens is 1. The van der Waals surface area contributed by atoms with Crippen LogP contribution in [0.1, 0.15) is 30.7 Å². The van der Waals surface area contributed by atoms with Crippen LogP contribution in [0.2, 0.25) is 5.02 Å². The summed E-state index contributed by atoms with van der Waals surface area (Å²) in [5.74, 6) is 0.681. The summed E-state index contributed by atoms with van der Waals surface area (Å²) in [6, 6.07) is 7.92. The fourth-order valence-electron chi connectivity index (χ4n) is 3.49. The molecule has 1 fully saturated rings. The minimum absolute atomic E-state index is 0.268. The van der Waals surface area contributed by atoms with Crippen molar-refractivity contribution in [2.45, 2.75) is 31.7 Å².